The van der Waals surface area contributed by atoms with E-state index < -0.39 is 0 Å². The van der Waals surface area contributed by atoms with Gasteiger partial charge in [-0.25, -0.2) is 0 Å². The van der Waals surface area contributed by atoms with Gasteiger partial charge in [-0.15, -0.1) is 0 Å². The van der Waals surface area contributed by atoms with Crippen molar-refractivity contribution in [2.75, 3.05) is 0 Å². The summed E-state index contributed by atoms with van der Waals surface area (Å²) in [6.45, 7) is 2.00. The van der Waals surface area contributed by atoms with E-state index in [0.29, 0.717) is 0 Å². The smallest absolute Gasteiger partial charge is 0.166 e. The molecule has 0 aliphatic rings. The molecule has 1 unspecified atom stereocenters. The number of ketones is 1. The highest BCUT2D eigenvalue weighted by molar-refractivity contribution is 6.01. The number of fused-ring (bicyclic) bond motifs is 1. The number of hydrogen-bond donors (Lipinski definition) is 0. The Bertz CT molecular complexity index is 759. The summed E-state index contributed by atoms with van der Waals surface area (Å²) in [6.07, 6.45) is 0.784. The molecule has 0 heterocycles. The third-order valence-corrected chi connectivity index (χ3v) is 3.87. The lowest BCUT2D eigenvalue weighted by molar-refractivity contribution is 0.0929. The van der Waals surface area contributed by atoms with Crippen molar-refractivity contribution in [2.24, 2.45) is 5.92 Å². The Morgan fingerprint density at radius 1 is 0.857 bits per heavy atom. The lowest BCUT2D eigenvalue weighted by Crippen LogP contribution is -2.13. The zero-order chi connectivity index (χ0) is 14.7. The molecule has 3 aromatic rings. The number of carbonyl (C=O) groups excluding carboxylic acids is 1. The second kappa shape index (κ2) is 5.92. The van der Waals surface area contributed by atoms with Crippen molar-refractivity contribution < 1.29 is 4.79 Å². The minimum absolute atomic E-state index is 0.00596. The predicted molar refractivity (Wildman–Crippen MR) is 87.6 cm³/mol. The summed E-state index contributed by atoms with van der Waals surface area (Å²) in [6, 6.07) is 24.3. The van der Waals surface area contributed by atoms with E-state index in [-0.39, 0.29) is 11.7 Å². The third-order valence-electron chi connectivity index (χ3n) is 3.87. The fourth-order valence-corrected chi connectivity index (χ4v) is 2.69. The van der Waals surface area contributed by atoms with Gasteiger partial charge in [-0.1, -0.05) is 73.7 Å². The first-order chi connectivity index (χ1) is 10.2. The molecule has 1 heteroatoms. The van der Waals surface area contributed by atoms with Crippen LogP contribution in [0, 0.1) is 5.92 Å². The second-order valence-electron chi connectivity index (χ2n) is 5.52. The average Bonchev–Trinajstić information content (AvgIpc) is 2.54. The number of benzene rings is 3. The quantitative estimate of drug-likeness (QED) is 0.618. The zero-order valence-electron chi connectivity index (χ0n) is 12.1. The molecule has 104 valence electrons. The number of rotatable bonds is 4. The van der Waals surface area contributed by atoms with Gasteiger partial charge in [0.15, 0.2) is 5.78 Å². The van der Waals surface area contributed by atoms with Gasteiger partial charge in [-0.05, 0) is 28.8 Å². The fourth-order valence-electron chi connectivity index (χ4n) is 2.69. The van der Waals surface area contributed by atoms with Gasteiger partial charge in [0.25, 0.3) is 0 Å². The van der Waals surface area contributed by atoms with Crippen LogP contribution in [0.3, 0.4) is 0 Å². The summed E-state index contributed by atoms with van der Waals surface area (Å²) in [5, 5.41) is 2.29. The van der Waals surface area contributed by atoms with E-state index in [1.54, 1.807) is 0 Å². The molecule has 0 fully saturated rings. The molecule has 0 saturated carbocycles. The van der Waals surface area contributed by atoms with E-state index in [1.807, 2.05) is 61.5 Å². The normalized spacial score (nSPS) is 12.2. The van der Waals surface area contributed by atoms with Crippen LogP contribution in [0.1, 0.15) is 22.8 Å². The van der Waals surface area contributed by atoms with Gasteiger partial charge in [0, 0.05) is 11.5 Å². The van der Waals surface area contributed by atoms with Crippen molar-refractivity contribution in [2.45, 2.75) is 13.3 Å². The van der Waals surface area contributed by atoms with E-state index >= 15 is 0 Å². The van der Waals surface area contributed by atoms with Gasteiger partial charge in [0.1, 0.15) is 0 Å². The van der Waals surface area contributed by atoms with Crippen LogP contribution >= 0.6 is 0 Å². The lowest BCUT2D eigenvalue weighted by atomic mass is 9.92. The Hall–Kier alpha value is -2.41. The van der Waals surface area contributed by atoms with E-state index in [9.17, 15) is 4.79 Å². The third kappa shape index (κ3) is 3.03. The molecule has 3 rings (SSSR count). The molecule has 0 aromatic heterocycles. The van der Waals surface area contributed by atoms with Crippen molar-refractivity contribution >= 4 is 16.6 Å². The van der Waals surface area contributed by atoms with Gasteiger partial charge in [0.05, 0.1) is 0 Å². The predicted octanol–water partition coefficient (Wildman–Crippen LogP) is 4.90. The highest BCUT2D eigenvalue weighted by atomic mass is 16.1. The first kappa shape index (κ1) is 13.6. The summed E-state index contributed by atoms with van der Waals surface area (Å²) in [4.78, 5) is 12.6. The molecule has 0 saturated heterocycles. The van der Waals surface area contributed by atoms with E-state index in [0.717, 1.165) is 17.4 Å². The number of Topliss-reactive ketones (excluding diaryl/α,β-unsaturated/α-hetero) is 1. The van der Waals surface area contributed by atoms with Crippen LogP contribution in [0.4, 0.5) is 0 Å². The minimum Gasteiger partial charge on any atom is -0.294 e. The van der Waals surface area contributed by atoms with Crippen LogP contribution in [-0.2, 0) is 6.42 Å². The monoisotopic (exact) mass is 274 g/mol. The van der Waals surface area contributed by atoms with Crippen molar-refractivity contribution in [1.82, 2.24) is 0 Å². The second-order valence-corrected chi connectivity index (χ2v) is 5.52. The lowest BCUT2D eigenvalue weighted by Gasteiger charge is -2.11. The van der Waals surface area contributed by atoms with Crippen LogP contribution < -0.4 is 0 Å². The van der Waals surface area contributed by atoms with E-state index in [2.05, 4.69) is 18.2 Å². The van der Waals surface area contributed by atoms with Gasteiger partial charge in [-0.3, -0.25) is 4.79 Å². The maximum atomic E-state index is 12.6. The molecule has 1 nitrogen and oxygen atoms in total. The molecule has 21 heavy (non-hydrogen) atoms. The van der Waals surface area contributed by atoms with Gasteiger partial charge >= 0.3 is 0 Å². The van der Waals surface area contributed by atoms with Crippen LogP contribution in [0.25, 0.3) is 10.8 Å². The maximum absolute atomic E-state index is 12.6. The Kier molecular flexibility index (Phi) is 3.83. The molecular formula is C20H18O. The molecule has 0 amide bonds. The largest absolute Gasteiger partial charge is 0.294 e. The van der Waals surface area contributed by atoms with Crippen molar-refractivity contribution in [3.63, 3.8) is 0 Å². The molecule has 0 N–H and O–H groups in total. The molecular weight excluding hydrogens is 256 g/mol. The molecule has 0 radical (unpaired) electrons. The molecule has 0 aliphatic heterocycles. The molecule has 0 bridgehead atoms. The number of hydrogen-bond acceptors (Lipinski definition) is 1. The fraction of sp³-hybridized carbons (Fsp3) is 0.150. The number of carbonyl (C=O) groups is 1. The molecule has 0 spiro atoms. The standard InChI is InChI=1S/C20H18O/c1-15(13-16-7-3-2-4-8-16)20(21)19-12-11-17-9-5-6-10-18(17)14-19/h2-12,14-15H,13H2,1H3. The summed E-state index contributed by atoms with van der Waals surface area (Å²) < 4.78 is 0. The van der Waals surface area contributed by atoms with Crippen LogP contribution in [0.2, 0.25) is 0 Å². The van der Waals surface area contributed by atoms with Crippen LogP contribution in [-0.4, -0.2) is 5.78 Å². The summed E-state index contributed by atoms with van der Waals surface area (Å²) in [7, 11) is 0. The Labute approximate surface area is 125 Å². The maximum Gasteiger partial charge on any atom is 0.166 e. The van der Waals surface area contributed by atoms with Crippen molar-refractivity contribution in [1.29, 1.82) is 0 Å². The zero-order valence-corrected chi connectivity index (χ0v) is 12.1. The first-order valence-electron chi connectivity index (χ1n) is 7.31. The van der Waals surface area contributed by atoms with Gasteiger partial charge < -0.3 is 0 Å². The Morgan fingerprint density at radius 3 is 2.29 bits per heavy atom. The van der Waals surface area contributed by atoms with Crippen LogP contribution in [0.15, 0.2) is 72.8 Å². The van der Waals surface area contributed by atoms with E-state index in [1.165, 1.54) is 10.9 Å². The summed E-state index contributed by atoms with van der Waals surface area (Å²) in [5.41, 5.74) is 2.01. The van der Waals surface area contributed by atoms with Gasteiger partial charge in [-0.2, -0.15) is 0 Å². The molecule has 0 aliphatic carbocycles. The van der Waals surface area contributed by atoms with Crippen molar-refractivity contribution in [3.8, 4) is 0 Å². The van der Waals surface area contributed by atoms with Gasteiger partial charge in [0.2, 0.25) is 0 Å². The summed E-state index contributed by atoms with van der Waals surface area (Å²) in [5.74, 6) is 0.207. The Morgan fingerprint density at radius 2 is 1.52 bits per heavy atom. The molecule has 3 aromatic carbocycles. The Balaban J connectivity index is 1.82. The van der Waals surface area contributed by atoms with Crippen molar-refractivity contribution in [3.05, 3.63) is 83.9 Å². The van der Waals surface area contributed by atoms with E-state index in [4.69, 9.17) is 0 Å². The highest BCUT2D eigenvalue weighted by Gasteiger charge is 2.15. The average molecular weight is 274 g/mol. The summed E-state index contributed by atoms with van der Waals surface area (Å²) >= 11 is 0. The van der Waals surface area contributed by atoms with Crippen LogP contribution in [0.5, 0.6) is 0 Å². The molecule has 1 atom stereocenters. The minimum atomic E-state index is -0.00596. The SMILES string of the molecule is CC(Cc1ccccc1)C(=O)c1ccc2ccccc2c1. The first-order valence-corrected chi connectivity index (χ1v) is 7.31. The highest BCUT2D eigenvalue weighted by Crippen LogP contribution is 2.19. The topological polar surface area (TPSA) is 17.1 Å².